The highest BCUT2D eigenvalue weighted by molar-refractivity contribution is 5.93. The van der Waals surface area contributed by atoms with Crippen molar-refractivity contribution < 1.29 is 9.53 Å². The van der Waals surface area contributed by atoms with E-state index in [4.69, 9.17) is 4.74 Å². The van der Waals surface area contributed by atoms with Crippen LogP contribution in [0.5, 0.6) is 5.75 Å². The van der Waals surface area contributed by atoms with E-state index in [2.05, 4.69) is 35.1 Å². The fourth-order valence-corrected chi connectivity index (χ4v) is 3.32. The van der Waals surface area contributed by atoms with Crippen LogP contribution in [0.3, 0.4) is 0 Å². The largest absolute Gasteiger partial charge is 0.490 e. The van der Waals surface area contributed by atoms with Crippen LogP contribution in [-0.4, -0.2) is 42.0 Å². The van der Waals surface area contributed by atoms with Crippen LogP contribution in [0.1, 0.15) is 25.8 Å². The molecule has 2 N–H and O–H groups in total. The number of anilines is 1. The van der Waals surface area contributed by atoms with Crippen LogP contribution in [0, 0.1) is 0 Å². The van der Waals surface area contributed by atoms with Gasteiger partial charge in [-0.05, 0) is 43.3 Å². The van der Waals surface area contributed by atoms with Crippen LogP contribution < -0.4 is 10.1 Å². The third-order valence-corrected chi connectivity index (χ3v) is 5.02. The summed E-state index contributed by atoms with van der Waals surface area (Å²) in [5, 5.41) is 4.18. The number of para-hydroxylation sites is 3. The molecule has 0 atom stereocenters. The van der Waals surface area contributed by atoms with Gasteiger partial charge >= 0.3 is 0 Å². The molecule has 3 aromatic rings. The van der Waals surface area contributed by atoms with Crippen molar-refractivity contribution in [3.8, 4) is 5.75 Å². The normalized spacial score (nSPS) is 11.1. The number of fused-ring (bicyclic) bond motifs is 1. The number of hydrogen-bond acceptors (Lipinski definition) is 3. The number of carbonyl (C=O) groups is 1. The van der Waals surface area contributed by atoms with E-state index in [1.807, 2.05) is 48.7 Å². The topological polar surface area (TPSA) is 57.4 Å². The summed E-state index contributed by atoms with van der Waals surface area (Å²) in [5.41, 5.74) is 2.99. The van der Waals surface area contributed by atoms with E-state index in [1.165, 1.54) is 5.39 Å². The van der Waals surface area contributed by atoms with E-state index in [9.17, 15) is 4.79 Å². The van der Waals surface area contributed by atoms with E-state index < -0.39 is 0 Å². The van der Waals surface area contributed by atoms with Crippen molar-refractivity contribution in [2.45, 2.75) is 26.7 Å². The highest BCUT2D eigenvalue weighted by atomic mass is 16.5. The SMILES string of the molecule is CCN(CC)CCOc1ccccc1NC(=O)CCc1c[nH]c2ccccc12. The van der Waals surface area contributed by atoms with E-state index in [-0.39, 0.29) is 5.91 Å². The number of rotatable bonds is 10. The minimum absolute atomic E-state index is 0.00919. The number of likely N-dealkylation sites (N-methyl/N-ethyl adjacent to an activating group) is 1. The molecule has 1 heterocycles. The van der Waals surface area contributed by atoms with Crippen molar-refractivity contribution in [2.24, 2.45) is 0 Å². The van der Waals surface area contributed by atoms with Crippen molar-refractivity contribution in [1.29, 1.82) is 0 Å². The fourth-order valence-electron chi connectivity index (χ4n) is 3.32. The van der Waals surface area contributed by atoms with Gasteiger partial charge in [0.15, 0.2) is 0 Å². The number of ether oxygens (including phenoxy) is 1. The Morgan fingerprint density at radius 2 is 1.82 bits per heavy atom. The molecule has 148 valence electrons. The maximum Gasteiger partial charge on any atom is 0.224 e. The zero-order chi connectivity index (χ0) is 19.8. The number of hydrogen-bond donors (Lipinski definition) is 2. The Balaban J connectivity index is 1.55. The molecular weight excluding hydrogens is 350 g/mol. The van der Waals surface area contributed by atoms with Gasteiger partial charge in [0.1, 0.15) is 12.4 Å². The molecule has 0 unspecified atom stereocenters. The summed E-state index contributed by atoms with van der Waals surface area (Å²) in [6.45, 7) is 7.77. The number of nitrogens with zero attached hydrogens (tertiary/aromatic N) is 1. The predicted molar refractivity (Wildman–Crippen MR) is 115 cm³/mol. The lowest BCUT2D eigenvalue weighted by atomic mass is 10.1. The molecule has 0 aliphatic rings. The Hall–Kier alpha value is -2.79. The first-order valence-electron chi connectivity index (χ1n) is 10.00. The van der Waals surface area contributed by atoms with Crippen molar-refractivity contribution in [2.75, 3.05) is 31.6 Å². The summed E-state index contributed by atoms with van der Waals surface area (Å²) in [6, 6.07) is 15.8. The molecule has 2 aromatic carbocycles. The van der Waals surface area contributed by atoms with Crippen LogP contribution in [-0.2, 0) is 11.2 Å². The van der Waals surface area contributed by atoms with Crippen LogP contribution in [0.15, 0.2) is 54.7 Å². The molecule has 0 aliphatic heterocycles. The molecule has 28 heavy (non-hydrogen) atoms. The summed E-state index contributed by atoms with van der Waals surface area (Å²) in [4.78, 5) is 18.1. The van der Waals surface area contributed by atoms with Crippen LogP contribution in [0.2, 0.25) is 0 Å². The molecular formula is C23H29N3O2. The first-order chi connectivity index (χ1) is 13.7. The predicted octanol–water partition coefficient (Wildman–Crippen LogP) is 4.46. The smallest absolute Gasteiger partial charge is 0.224 e. The molecule has 0 saturated heterocycles. The van der Waals surface area contributed by atoms with Crippen molar-refractivity contribution in [3.63, 3.8) is 0 Å². The van der Waals surface area contributed by atoms with E-state index in [1.54, 1.807) is 0 Å². The Bertz CT molecular complexity index is 900. The Labute approximate surface area is 166 Å². The van der Waals surface area contributed by atoms with Crippen molar-refractivity contribution in [3.05, 3.63) is 60.3 Å². The number of nitrogens with one attached hydrogen (secondary N) is 2. The number of aryl methyl sites for hydroxylation is 1. The molecule has 5 nitrogen and oxygen atoms in total. The first-order valence-corrected chi connectivity index (χ1v) is 10.00. The zero-order valence-electron chi connectivity index (χ0n) is 16.7. The lowest BCUT2D eigenvalue weighted by Gasteiger charge is -2.19. The lowest BCUT2D eigenvalue weighted by Crippen LogP contribution is -2.28. The maximum atomic E-state index is 12.5. The summed E-state index contributed by atoms with van der Waals surface area (Å²) in [6.07, 6.45) is 3.11. The van der Waals surface area contributed by atoms with Gasteiger partial charge in [0.2, 0.25) is 5.91 Å². The molecule has 1 amide bonds. The lowest BCUT2D eigenvalue weighted by molar-refractivity contribution is -0.116. The van der Waals surface area contributed by atoms with E-state index in [0.717, 1.165) is 42.2 Å². The molecule has 0 fully saturated rings. The van der Waals surface area contributed by atoms with Gasteiger partial charge in [0.05, 0.1) is 5.69 Å². The quantitative estimate of drug-likeness (QED) is 0.547. The number of amides is 1. The summed E-state index contributed by atoms with van der Waals surface area (Å²) in [7, 11) is 0. The first kappa shape index (κ1) is 20.0. The van der Waals surface area contributed by atoms with Gasteiger partial charge < -0.3 is 19.9 Å². The number of carbonyl (C=O) groups excluding carboxylic acids is 1. The Morgan fingerprint density at radius 1 is 1.07 bits per heavy atom. The molecule has 0 bridgehead atoms. The second-order valence-electron chi connectivity index (χ2n) is 6.78. The van der Waals surface area contributed by atoms with E-state index >= 15 is 0 Å². The third-order valence-electron chi connectivity index (χ3n) is 5.02. The average Bonchev–Trinajstić information content (AvgIpc) is 3.14. The summed E-state index contributed by atoms with van der Waals surface area (Å²) in [5.74, 6) is 0.708. The average molecular weight is 380 g/mol. The summed E-state index contributed by atoms with van der Waals surface area (Å²) < 4.78 is 5.92. The highest BCUT2D eigenvalue weighted by Crippen LogP contribution is 2.24. The van der Waals surface area contributed by atoms with Gasteiger partial charge in [-0.15, -0.1) is 0 Å². The third kappa shape index (κ3) is 5.14. The summed E-state index contributed by atoms with van der Waals surface area (Å²) >= 11 is 0. The molecule has 0 spiro atoms. The van der Waals surface area contributed by atoms with Crippen LogP contribution in [0.25, 0.3) is 10.9 Å². The van der Waals surface area contributed by atoms with Gasteiger partial charge in [-0.25, -0.2) is 0 Å². The van der Waals surface area contributed by atoms with Gasteiger partial charge in [0, 0.05) is 30.1 Å². The molecule has 0 saturated carbocycles. The van der Waals surface area contributed by atoms with Gasteiger partial charge in [-0.3, -0.25) is 4.79 Å². The Kier molecular flexibility index (Phi) is 7.09. The van der Waals surface area contributed by atoms with Crippen molar-refractivity contribution in [1.82, 2.24) is 9.88 Å². The monoisotopic (exact) mass is 379 g/mol. The molecule has 3 rings (SSSR count). The Morgan fingerprint density at radius 3 is 2.64 bits per heavy atom. The van der Waals surface area contributed by atoms with Gasteiger partial charge in [0.25, 0.3) is 0 Å². The minimum Gasteiger partial charge on any atom is -0.490 e. The molecule has 0 aliphatic carbocycles. The van der Waals surface area contributed by atoms with Crippen LogP contribution >= 0.6 is 0 Å². The standard InChI is InChI=1S/C23H29N3O2/c1-3-26(4-2)15-16-28-22-12-8-7-11-21(22)25-23(27)14-13-18-17-24-20-10-6-5-9-19(18)20/h5-12,17,24H,3-4,13-16H2,1-2H3,(H,25,27). The van der Waals surface area contributed by atoms with Crippen molar-refractivity contribution >= 4 is 22.5 Å². The maximum absolute atomic E-state index is 12.5. The number of benzene rings is 2. The van der Waals surface area contributed by atoms with E-state index in [0.29, 0.717) is 19.4 Å². The fraction of sp³-hybridized carbons (Fsp3) is 0.348. The molecule has 5 heteroatoms. The van der Waals surface area contributed by atoms with Gasteiger partial charge in [-0.2, -0.15) is 0 Å². The van der Waals surface area contributed by atoms with Crippen LogP contribution in [0.4, 0.5) is 5.69 Å². The number of H-pyrrole nitrogens is 1. The second-order valence-corrected chi connectivity index (χ2v) is 6.78. The zero-order valence-corrected chi connectivity index (χ0v) is 16.7. The number of aromatic nitrogens is 1. The molecule has 1 aromatic heterocycles. The minimum atomic E-state index is -0.00919. The highest BCUT2D eigenvalue weighted by Gasteiger charge is 2.10. The second kappa shape index (κ2) is 9.95. The van der Waals surface area contributed by atoms with Gasteiger partial charge in [-0.1, -0.05) is 44.2 Å². The molecule has 0 radical (unpaired) electrons. The number of aromatic amines is 1.